The van der Waals surface area contributed by atoms with Crippen molar-refractivity contribution < 1.29 is 4.74 Å². The van der Waals surface area contributed by atoms with Crippen molar-refractivity contribution in [1.82, 2.24) is 29.6 Å². The third-order valence-corrected chi connectivity index (χ3v) is 5.67. The van der Waals surface area contributed by atoms with Gasteiger partial charge in [-0.1, -0.05) is 12.1 Å². The molecule has 1 aliphatic rings. The Morgan fingerprint density at radius 3 is 2.58 bits per heavy atom. The van der Waals surface area contributed by atoms with E-state index in [1.807, 2.05) is 55.1 Å². The Balaban J connectivity index is 1.46. The van der Waals surface area contributed by atoms with Crippen LogP contribution in [0, 0.1) is 13.8 Å². The van der Waals surface area contributed by atoms with Gasteiger partial charge in [0.1, 0.15) is 12.4 Å². The Bertz CT molecular complexity index is 1310. The average molecular weight is 416 g/mol. The lowest BCUT2D eigenvalue weighted by Gasteiger charge is -2.16. The molecule has 2 aromatic heterocycles. The molecule has 8 heteroatoms. The number of ether oxygens (including phenoxy) is 1. The van der Waals surface area contributed by atoms with Crippen LogP contribution in [0.4, 0.5) is 0 Å². The average Bonchev–Trinajstić information content (AvgIpc) is 3.44. The van der Waals surface area contributed by atoms with Gasteiger partial charge in [-0.2, -0.15) is 14.5 Å². The van der Waals surface area contributed by atoms with E-state index in [1.54, 1.807) is 7.05 Å². The fourth-order valence-corrected chi connectivity index (χ4v) is 3.84. The van der Waals surface area contributed by atoms with Gasteiger partial charge in [-0.15, -0.1) is 0 Å². The second-order valence-electron chi connectivity index (χ2n) is 8.06. The van der Waals surface area contributed by atoms with Gasteiger partial charge in [-0.3, -0.25) is 0 Å². The number of aryl methyl sites for hydroxylation is 3. The minimum atomic E-state index is -0.274. The molecule has 0 amide bonds. The van der Waals surface area contributed by atoms with Crippen LogP contribution in [0.1, 0.15) is 41.1 Å². The molecule has 0 aliphatic heterocycles. The number of nitrogens with zero attached hydrogens (tertiary/aromatic N) is 6. The Kier molecular flexibility index (Phi) is 4.69. The van der Waals surface area contributed by atoms with Crippen molar-refractivity contribution in [3.63, 3.8) is 0 Å². The maximum Gasteiger partial charge on any atom is 0.368 e. The van der Waals surface area contributed by atoms with Crippen molar-refractivity contribution in [2.24, 2.45) is 7.05 Å². The number of hydrogen-bond acceptors (Lipinski definition) is 5. The van der Waals surface area contributed by atoms with Crippen LogP contribution in [0.25, 0.3) is 11.4 Å². The standard InChI is InChI=1S/C23H24N6O2/c1-15-13-18(28-12-11-16(2)24-28)9-10-22(15)31-14-20-19(17-7-8-17)5-4-6-21(20)29-23(30)27(3)25-26-29/h4-6,9-13,17H,7-8,14H2,1-3H3. The predicted octanol–water partition coefficient (Wildman–Crippen LogP) is 3.22. The normalized spacial score (nSPS) is 13.5. The molecule has 8 nitrogen and oxygen atoms in total. The van der Waals surface area contributed by atoms with E-state index in [9.17, 15) is 4.79 Å². The van der Waals surface area contributed by atoms with E-state index < -0.39 is 0 Å². The van der Waals surface area contributed by atoms with Crippen molar-refractivity contribution >= 4 is 0 Å². The second-order valence-corrected chi connectivity index (χ2v) is 8.06. The lowest BCUT2D eigenvalue weighted by Crippen LogP contribution is -2.23. The molecule has 1 fully saturated rings. The Labute approximate surface area is 179 Å². The quantitative estimate of drug-likeness (QED) is 0.482. The highest BCUT2D eigenvalue weighted by molar-refractivity contribution is 5.49. The van der Waals surface area contributed by atoms with Crippen molar-refractivity contribution in [3.05, 3.63) is 81.5 Å². The molecule has 0 radical (unpaired) electrons. The SMILES string of the molecule is Cc1ccn(-c2ccc(OCc3c(C4CC4)cccc3-n3nnn(C)c3=O)c(C)c2)n1. The molecule has 0 N–H and O–H groups in total. The summed E-state index contributed by atoms with van der Waals surface area (Å²) in [4.78, 5) is 12.5. The molecule has 0 bridgehead atoms. The third-order valence-electron chi connectivity index (χ3n) is 5.67. The van der Waals surface area contributed by atoms with Gasteiger partial charge in [-0.25, -0.2) is 9.48 Å². The molecule has 2 heterocycles. The summed E-state index contributed by atoms with van der Waals surface area (Å²) >= 11 is 0. The molecule has 0 spiro atoms. The Hall–Kier alpha value is -3.68. The van der Waals surface area contributed by atoms with E-state index in [0.717, 1.165) is 46.8 Å². The molecule has 0 unspecified atom stereocenters. The van der Waals surface area contributed by atoms with Crippen LogP contribution in [-0.4, -0.2) is 29.6 Å². The summed E-state index contributed by atoms with van der Waals surface area (Å²) in [6.45, 7) is 4.35. The highest BCUT2D eigenvalue weighted by atomic mass is 16.5. The molecule has 1 saturated carbocycles. The summed E-state index contributed by atoms with van der Waals surface area (Å²) in [6, 6.07) is 14.0. The van der Waals surface area contributed by atoms with Crippen molar-refractivity contribution in [1.29, 1.82) is 0 Å². The van der Waals surface area contributed by atoms with Gasteiger partial charge < -0.3 is 4.74 Å². The molecule has 4 aromatic rings. The summed E-state index contributed by atoms with van der Waals surface area (Å²) < 4.78 is 10.7. The third kappa shape index (κ3) is 3.65. The minimum absolute atomic E-state index is 0.274. The lowest BCUT2D eigenvalue weighted by atomic mass is 10.0. The van der Waals surface area contributed by atoms with Crippen LogP contribution in [0.2, 0.25) is 0 Å². The largest absolute Gasteiger partial charge is 0.489 e. The zero-order valence-electron chi connectivity index (χ0n) is 17.8. The topological polar surface area (TPSA) is 79.8 Å². The number of aromatic nitrogens is 6. The summed E-state index contributed by atoms with van der Waals surface area (Å²) in [6.07, 6.45) is 4.26. The summed E-state index contributed by atoms with van der Waals surface area (Å²) in [5.74, 6) is 1.31. The van der Waals surface area contributed by atoms with E-state index >= 15 is 0 Å². The summed E-state index contributed by atoms with van der Waals surface area (Å²) in [5.41, 5.74) is 5.64. The van der Waals surface area contributed by atoms with Gasteiger partial charge in [0.25, 0.3) is 0 Å². The number of rotatable bonds is 6. The van der Waals surface area contributed by atoms with Crippen LogP contribution >= 0.6 is 0 Å². The summed E-state index contributed by atoms with van der Waals surface area (Å²) in [5, 5.41) is 12.4. The Morgan fingerprint density at radius 2 is 1.94 bits per heavy atom. The van der Waals surface area contributed by atoms with Gasteiger partial charge in [0.05, 0.1) is 17.1 Å². The van der Waals surface area contributed by atoms with Gasteiger partial charge in [0.15, 0.2) is 0 Å². The minimum Gasteiger partial charge on any atom is -0.489 e. The van der Waals surface area contributed by atoms with Crippen molar-refractivity contribution in [2.75, 3.05) is 0 Å². The second kappa shape index (κ2) is 7.54. The van der Waals surface area contributed by atoms with Crippen LogP contribution < -0.4 is 10.4 Å². The van der Waals surface area contributed by atoms with E-state index in [1.165, 1.54) is 14.9 Å². The maximum absolute atomic E-state index is 12.5. The Morgan fingerprint density at radius 1 is 1.10 bits per heavy atom. The fourth-order valence-electron chi connectivity index (χ4n) is 3.84. The smallest absolute Gasteiger partial charge is 0.368 e. The number of tetrazole rings is 1. The van der Waals surface area contributed by atoms with Crippen molar-refractivity contribution in [3.8, 4) is 17.1 Å². The molecular weight excluding hydrogens is 392 g/mol. The zero-order valence-corrected chi connectivity index (χ0v) is 17.8. The molecule has 0 saturated heterocycles. The molecule has 1 aliphatic carbocycles. The molecule has 158 valence electrons. The first-order valence-corrected chi connectivity index (χ1v) is 10.4. The van der Waals surface area contributed by atoms with Crippen LogP contribution in [0.3, 0.4) is 0 Å². The maximum atomic E-state index is 12.5. The van der Waals surface area contributed by atoms with E-state index in [-0.39, 0.29) is 5.69 Å². The van der Waals surface area contributed by atoms with Gasteiger partial charge >= 0.3 is 5.69 Å². The van der Waals surface area contributed by atoms with Gasteiger partial charge in [-0.05, 0) is 84.5 Å². The van der Waals surface area contributed by atoms with Crippen LogP contribution in [-0.2, 0) is 13.7 Å². The first kappa shape index (κ1) is 19.3. The van der Waals surface area contributed by atoms with E-state index in [0.29, 0.717) is 12.5 Å². The highest BCUT2D eigenvalue weighted by Crippen LogP contribution is 2.43. The monoisotopic (exact) mass is 416 g/mol. The molecule has 31 heavy (non-hydrogen) atoms. The summed E-state index contributed by atoms with van der Waals surface area (Å²) in [7, 11) is 1.60. The van der Waals surface area contributed by atoms with Crippen LogP contribution in [0.15, 0.2) is 53.5 Å². The lowest BCUT2D eigenvalue weighted by molar-refractivity contribution is 0.302. The molecular formula is C23H24N6O2. The van der Waals surface area contributed by atoms with Crippen molar-refractivity contribution in [2.45, 2.75) is 39.2 Å². The van der Waals surface area contributed by atoms with Gasteiger partial charge in [0.2, 0.25) is 0 Å². The number of benzene rings is 2. The number of hydrogen-bond donors (Lipinski definition) is 0. The predicted molar refractivity (Wildman–Crippen MR) is 116 cm³/mol. The molecule has 2 aromatic carbocycles. The van der Waals surface area contributed by atoms with Crippen LogP contribution in [0.5, 0.6) is 5.75 Å². The first-order chi connectivity index (χ1) is 15.0. The van der Waals surface area contributed by atoms with Gasteiger partial charge in [0, 0.05) is 18.8 Å². The molecule has 0 atom stereocenters. The first-order valence-electron chi connectivity index (χ1n) is 10.4. The molecule has 5 rings (SSSR count). The highest BCUT2D eigenvalue weighted by Gasteiger charge is 2.28. The zero-order chi connectivity index (χ0) is 21.5. The fraction of sp³-hybridized carbons (Fsp3) is 0.304. The van der Waals surface area contributed by atoms with E-state index in [4.69, 9.17) is 4.74 Å². The van der Waals surface area contributed by atoms with E-state index in [2.05, 4.69) is 27.7 Å².